The summed E-state index contributed by atoms with van der Waals surface area (Å²) in [5, 5.41) is 10.8. The lowest BCUT2D eigenvalue weighted by molar-refractivity contribution is -0.131. The molecule has 2 rings (SSSR count). The van der Waals surface area contributed by atoms with Crippen molar-refractivity contribution in [3.63, 3.8) is 0 Å². The highest BCUT2D eigenvalue weighted by Crippen LogP contribution is 2.35. The van der Waals surface area contributed by atoms with Crippen molar-refractivity contribution < 1.29 is 9.94 Å². The monoisotopic (exact) mass is 155 g/mol. The molecule has 0 radical (unpaired) electrons. The molecular formula is C8H13NO2. The first-order valence-electron chi connectivity index (χ1n) is 4.03. The lowest BCUT2D eigenvalue weighted by atomic mass is 9.98. The first kappa shape index (κ1) is 7.28. The van der Waals surface area contributed by atoms with Crippen LogP contribution in [0.3, 0.4) is 0 Å². The number of fused-ring (bicyclic) bond motifs is 2. The molecule has 2 fully saturated rings. The van der Waals surface area contributed by atoms with Crippen LogP contribution in [0.5, 0.6) is 0 Å². The molecule has 2 bridgehead atoms. The summed E-state index contributed by atoms with van der Waals surface area (Å²) in [5.74, 6) is 0. The van der Waals surface area contributed by atoms with Gasteiger partial charge in [0.1, 0.15) is 0 Å². The van der Waals surface area contributed by atoms with E-state index in [0.29, 0.717) is 12.1 Å². The second kappa shape index (κ2) is 2.59. The Morgan fingerprint density at radius 2 is 2.45 bits per heavy atom. The fourth-order valence-corrected chi connectivity index (χ4v) is 1.93. The Balaban J connectivity index is 2.07. The van der Waals surface area contributed by atoms with Gasteiger partial charge in [0, 0.05) is 0 Å². The van der Waals surface area contributed by atoms with Gasteiger partial charge in [-0.15, -0.1) is 6.58 Å². The molecule has 0 aromatic rings. The summed E-state index contributed by atoms with van der Waals surface area (Å²) in [4.78, 5) is 5.48. The average molecular weight is 155 g/mol. The van der Waals surface area contributed by atoms with Gasteiger partial charge in [0.05, 0.1) is 24.8 Å². The van der Waals surface area contributed by atoms with E-state index in [4.69, 9.17) is 9.94 Å². The van der Waals surface area contributed by atoms with Gasteiger partial charge >= 0.3 is 0 Å². The van der Waals surface area contributed by atoms with Crippen molar-refractivity contribution in [2.75, 3.05) is 6.61 Å². The second-order valence-electron chi connectivity index (χ2n) is 3.20. The van der Waals surface area contributed by atoms with E-state index in [9.17, 15) is 0 Å². The van der Waals surface area contributed by atoms with Crippen LogP contribution in [0.2, 0.25) is 0 Å². The third-order valence-electron chi connectivity index (χ3n) is 2.48. The minimum absolute atomic E-state index is 0.195. The molecular weight excluding hydrogens is 142 g/mol. The Kier molecular flexibility index (Phi) is 1.71. The standard InChI is InChI=1S/C8H13NO2/c1-2-6-3-8-4-7(5-10)9(6)11-8/h2,6-8,10H,1,3-5H2. The van der Waals surface area contributed by atoms with Crippen molar-refractivity contribution in [3.05, 3.63) is 12.7 Å². The molecule has 0 aromatic heterocycles. The molecule has 3 nitrogen and oxygen atoms in total. The minimum atomic E-state index is 0.195. The summed E-state index contributed by atoms with van der Waals surface area (Å²) in [6, 6.07) is 0.530. The van der Waals surface area contributed by atoms with E-state index in [1.165, 1.54) is 0 Å². The third-order valence-corrected chi connectivity index (χ3v) is 2.48. The van der Waals surface area contributed by atoms with E-state index in [2.05, 4.69) is 6.58 Å². The zero-order valence-electron chi connectivity index (χ0n) is 6.44. The number of hydrogen-bond donors (Lipinski definition) is 1. The zero-order valence-corrected chi connectivity index (χ0v) is 6.44. The smallest absolute Gasteiger partial charge is 0.0829 e. The Bertz CT molecular complexity index is 171. The Hall–Kier alpha value is -0.380. The first-order valence-corrected chi connectivity index (χ1v) is 4.03. The molecule has 0 amide bonds. The summed E-state index contributed by atoms with van der Waals surface area (Å²) in [6.07, 6.45) is 4.23. The highest BCUT2D eigenvalue weighted by molar-refractivity contribution is 4.98. The van der Waals surface area contributed by atoms with Crippen molar-refractivity contribution in [1.29, 1.82) is 0 Å². The van der Waals surface area contributed by atoms with Gasteiger partial charge in [-0.25, -0.2) is 0 Å². The number of hydroxylamine groups is 2. The number of rotatable bonds is 2. The van der Waals surface area contributed by atoms with Crippen molar-refractivity contribution >= 4 is 0 Å². The molecule has 2 saturated heterocycles. The van der Waals surface area contributed by atoms with Gasteiger partial charge in [-0.2, -0.15) is 5.06 Å². The van der Waals surface area contributed by atoms with Crippen LogP contribution < -0.4 is 0 Å². The number of aliphatic hydroxyl groups excluding tert-OH is 1. The van der Waals surface area contributed by atoms with Crippen LogP contribution in [-0.2, 0) is 4.84 Å². The van der Waals surface area contributed by atoms with Gasteiger partial charge in [-0.3, -0.25) is 4.84 Å². The summed E-state index contributed by atoms with van der Waals surface area (Å²) in [7, 11) is 0. The maximum absolute atomic E-state index is 8.95. The summed E-state index contributed by atoms with van der Waals surface area (Å²) in [5.41, 5.74) is 0. The lowest BCUT2D eigenvalue weighted by Gasteiger charge is -2.25. The largest absolute Gasteiger partial charge is 0.395 e. The summed E-state index contributed by atoms with van der Waals surface area (Å²) >= 11 is 0. The van der Waals surface area contributed by atoms with Crippen LogP contribution in [0, 0.1) is 0 Å². The van der Waals surface area contributed by atoms with Crippen molar-refractivity contribution in [2.45, 2.75) is 31.0 Å². The molecule has 11 heavy (non-hydrogen) atoms. The normalized spacial score (nSPS) is 48.1. The Morgan fingerprint density at radius 3 is 3.00 bits per heavy atom. The molecule has 4 unspecified atom stereocenters. The van der Waals surface area contributed by atoms with Crippen LogP contribution in [0.1, 0.15) is 12.8 Å². The number of nitrogens with zero attached hydrogens (tertiary/aromatic N) is 1. The van der Waals surface area contributed by atoms with E-state index < -0.39 is 0 Å². The van der Waals surface area contributed by atoms with Crippen LogP contribution in [0.15, 0.2) is 12.7 Å². The topological polar surface area (TPSA) is 32.7 Å². The maximum Gasteiger partial charge on any atom is 0.0829 e. The van der Waals surface area contributed by atoms with Gasteiger partial charge < -0.3 is 5.11 Å². The van der Waals surface area contributed by atoms with Crippen LogP contribution >= 0.6 is 0 Å². The van der Waals surface area contributed by atoms with Gasteiger partial charge in [-0.05, 0) is 12.8 Å². The fourth-order valence-electron chi connectivity index (χ4n) is 1.93. The number of aliphatic hydroxyl groups is 1. The second-order valence-corrected chi connectivity index (χ2v) is 3.20. The molecule has 1 N–H and O–H groups in total. The molecule has 2 heterocycles. The minimum Gasteiger partial charge on any atom is -0.395 e. The van der Waals surface area contributed by atoms with Gasteiger partial charge in [-0.1, -0.05) is 6.08 Å². The highest BCUT2D eigenvalue weighted by Gasteiger charge is 2.44. The van der Waals surface area contributed by atoms with E-state index in [1.54, 1.807) is 0 Å². The van der Waals surface area contributed by atoms with E-state index >= 15 is 0 Å². The quantitative estimate of drug-likeness (QED) is 0.583. The van der Waals surface area contributed by atoms with Gasteiger partial charge in [0.25, 0.3) is 0 Å². The van der Waals surface area contributed by atoms with Crippen LogP contribution in [-0.4, -0.2) is 35.0 Å². The van der Waals surface area contributed by atoms with Gasteiger partial charge in [0.15, 0.2) is 0 Å². The highest BCUT2D eigenvalue weighted by atomic mass is 16.7. The van der Waals surface area contributed by atoms with E-state index in [1.807, 2.05) is 11.1 Å². The predicted molar refractivity (Wildman–Crippen MR) is 40.8 cm³/mol. The molecule has 0 saturated carbocycles. The molecule has 2 aliphatic rings. The van der Waals surface area contributed by atoms with Crippen molar-refractivity contribution in [2.24, 2.45) is 0 Å². The molecule has 2 aliphatic heterocycles. The first-order chi connectivity index (χ1) is 5.35. The average Bonchev–Trinajstić information content (AvgIpc) is 2.60. The van der Waals surface area contributed by atoms with E-state index in [-0.39, 0.29) is 12.6 Å². The van der Waals surface area contributed by atoms with E-state index in [0.717, 1.165) is 12.8 Å². The molecule has 0 spiro atoms. The third kappa shape index (κ3) is 1.00. The number of piperidine rings is 1. The van der Waals surface area contributed by atoms with Gasteiger partial charge in [0.2, 0.25) is 0 Å². The zero-order chi connectivity index (χ0) is 7.84. The van der Waals surface area contributed by atoms with Crippen molar-refractivity contribution in [3.8, 4) is 0 Å². The lowest BCUT2D eigenvalue weighted by Crippen LogP contribution is -2.38. The summed E-state index contributed by atoms with van der Waals surface area (Å²) < 4.78 is 0. The SMILES string of the molecule is C=CC1CC2CC(CO)N1O2. The molecule has 0 aromatic carbocycles. The Labute approximate surface area is 66.2 Å². The number of hydrogen-bond acceptors (Lipinski definition) is 3. The Morgan fingerprint density at radius 1 is 1.64 bits per heavy atom. The molecule has 62 valence electrons. The molecule has 3 heteroatoms. The summed E-state index contributed by atoms with van der Waals surface area (Å²) in [6.45, 7) is 3.92. The van der Waals surface area contributed by atoms with Crippen LogP contribution in [0.4, 0.5) is 0 Å². The maximum atomic E-state index is 8.95. The van der Waals surface area contributed by atoms with Crippen LogP contribution in [0.25, 0.3) is 0 Å². The van der Waals surface area contributed by atoms with Crippen molar-refractivity contribution in [1.82, 2.24) is 5.06 Å². The molecule has 4 atom stereocenters. The predicted octanol–water partition coefficient (Wildman–Crippen LogP) is 0.311. The fraction of sp³-hybridized carbons (Fsp3) is 0.750. The molecule has 0 aliphatic carbocycles.